The maximum absolute atomic E-state index is 12.0. The number of amides is 1. The van der Waals surface area contributed by atoms with Crippen LogP contribution in [0, 0.1) is 11.8 Å². The Balaban J connectivity index is 1.17. The van der Waals surface area contributed by atoms with E-state index in [0.29, 0.717) is 17.8 Å². The zero-order valence-corrected chi connectivity index (χ0v) is 13.7. The number of aromatic nitrogens is 2. The van der Waals surface area contributed by atoms with E-state index >= 15 is 0 Å². The van der Waals surface area contributed by atoms with Crippen LogP contribution in [-0.2, 0) is 4.79 Å². The highest BCUT2D eigenvalue weighted by Gasteiger charge is 2.30. The summed E-state index contributed by atoms with van der Waals surface area (Å²) in [6.45, 7) is 2.75. The van der Waals surface area contributed by atoms with Crippen molar-refractivity contribution in [1.82, 2.24) is 15.5 Å². The summed E-state index contributed by atoms with van der Waals surface area (Å²) in [5, 5.41) is 11.8. The molecule has 0 spiro atoms. The van der Waals surface area contributed by atoms with Crippen molar-refractivity contribution in [3.05, 3.63) is 17.8 Å². The van der Waals surface area contributed by atoms with Gasteiger partial charge in [0.15, 0.2) is 5.82 Å². The lowest BCUT2D eigenvalue weighted by Gasteiger charge is -2.40. The van der Waals surface area contributed by atoms with Gasteiger partial charge in [-0.25, -0.2) is 0 Å². The average Bonchev–Trinajstić information content (AvgIpc) is 3.25. The molecule has 5 heteroatoms. The average molecular weight is 314 g/mol. The second kappa shape index (κ2) is 6.46. The lowest BCUT2D eigenvalue weighted by atomic mass is 9.99. The number of carbonyl (C=O) groups excluding carboxylic acids is 1. The van der Waals surface area contributed by atoms with Crippen LogP contribution >= 0.6 is 0 Å². The van der Waals surface area contributed by atoms with Gasteiger partial charge < -0.3 is 10.2 Å². The molecular formula is C18H26N4O. The second-order valence-corrected chi connectivity index (χ2v) is 7.52. The van der Waals surface area contributed by atoms with Crippen LogP contribution in [0.15, 0.2) is 12.1 Å². The van der Waals surface area contributed by atoms with Crippen LogP contribution < -0.4 is 10.2 Å². The van der Waals surface area contributed by atoms with E-state index < -0.39 is 0 Å². The third-order valence-corrected chi connectivity index (χ3v) is 5.48. The van der Waals surface area contributed by atoms with Gasteiger partial charge in [-0.15, -0.1) is 5.10 Å². The Labute approximate surface area is 137 Å². The predicted octanol–water partition coefficient (Wildman–Crippen LogP) is 2.49. The summed E-state index contributed by atoms with van der Waals surface area (Å²) in [6.07, 6.45) is 8.33. The number of nitrogens with one attached hydrogen (secondary N) is 1. The summed E-state index contributed by atoms with van der Waals surface area (Å²) in [5.74, 6) is 3.06. The first-order valence-corrected chi connectivity index (χ1v) is 9.13. The maximum Gasteiger partial charge on any atom is 0.220 e. The van der Waals surface area contributed by atoms with Crippen LogP contribution in [0.25, 0.3) is 0 Å². The van der Waals surface area contributed by atoms with Crippen molar-refractivity contribution in [2.45, 2.75) is 50.9 Å². The zero-order valence-electron chi connectivity index (χ0n) is 13.7. The highest BCUT2D eigenvalue weighted by molar-refractivity contribution is 5.76. The Hall–Kier alpha value is -1.65. The van der Waals surface area contributed by atoms with Crippen LogP contribution in [-0.4, -0.2) is 35.7 Å². The molecule has 1 N–H and O–H groups in total. The van der Waals surface area contributed by atoms with Crippen LogP contribution in [0.2, 0.25) is 0 Å². The third kappa shape index (κ3) is 3.65. The fourth-order valence-electron chi connectivity index (χ4n) is 3.79. The van der Waals surface area contributed by atoms with Gasteiger partial charge in [-0.05, 0) is 43.7 Å². The molecule has 2 saturated carbocycles. The fourth-order valence-corrected chi connectivity index (χ4v) is 3.79. The molecule has 3 fully saturated rings. The van der Waals surface area contributed by atoms with Gasteiger partial charge in [0.2, 0.25) is 5.91 Å². The van der Waals surface area contributed by atoms with E-state index in [2.05, 4.69) is 32.5 Å². The van der Waals surface area contributed by atoms with E-state index in [0.717, 1.165) is 37.6 Å². The van der Waals surface area contributed by atoms with E-state index in [1.54, 1.807) is 0 Å². The Bertz CT molecular complexity index is 543. The number of hydrogen-bond donors (Lipinski definition) is 1. The molecule has 0 atom stereocenters. The minimum Gasteiger partial charge on any atom is -0.356 e. The molecule has 1 aliphatic heterocycles. The van der Waals surface area contributed by atoms with Crippen LogP contribution in [0.3, 0.4) is 0 Å². The monoisotopic (exact) mass is 314 g/mol. The number of carbonyl (C=O) groups is 1. The first-order chi connectivity index (χ1) is 11.3. The first-order valence-electron chi connectivity index (χ1n) is 9.13. The van der Waals surface area contributed by atoms with Crippen molar-refractivity contribution >= 4 is 11.7 Å². The van der Waals surface area contributed by atoms with Gasteiger partial charge in [-0.1, -0.05) is 12.8 Å². The molecule has 2 aliphatic carbocycles. The van der Waals surface area contributed by atoms with Crippen LogP contribution in [0.1, 0.15) is 56.6 Å². The first kappa shape index (κ1) is 14.9. The van der Waals surface area contributed by atoms with Crippen molar-refractivity contribution < 1.29 is 4.79 Å². The van der Waals surface area contributed by atoms with Gasteiger partial charge in [-0.2, -0.15) is 5.10 Å². The number of rotatable bonds is 6. The molecule has 23 heavy (non-hydrogen) atoms. The van der Waals surface area contributed by atoms with Crippen molar-refractivity contribution in [2.75, 3.05) is 24.5 Å². The Morgan fingerprint density at radius 1 is 1.09 bits per heavy atom. The van der Waals surface area contributed by atoms with Crippen LogP contribution in [0.4, 0.5) is 5.82 Å². The summed E-state index contributed by atoms with van der Waals surface area (Å²) >= 11 is 0. The maximum atomic E-state index is 12.0. The second-order valence-electron chi connectivity index (χ2n) is 7.52. The Morgan fingerprint density at radius 3 is 2.52 bits per heavy atom. The molecule has 2 heterocycles. The normalized spacial score (nSPS) is 22.2. The largest absolute Gasteiger partial charge is 0.356 e. The van der Waals surface area contributed by atoms with Crippen LogP contribution in [0.5, 0.6) is 0 Å². The molecule has 0 radical (unpaired) electrons. The number of anilines is 1. The standard InChI is InChI=1S/C18H26N4O/c23-18(9-13-3-1-2-4-13)19-10-14-11-22(12-14)17-8-7-16(20-21-17)15-5-6-15/h7-8,13-15H,1-6,9-12H2,(H,19,23). The third-order valence-electron chi connectivity index (χ3n) is 5.48. The highest BCUT2D eigenvalue weighted by Crippen LogP contribution is 2.39. The molecular weight excluding hydrogens is 288 g/mol. The summed E-state index contributed by atoms with van der Waals surface area (Å²) in [4.78, 5) is 14.2. The molecule has 5 nitrogen and oxygen atoms in total. The summed E-state index contributed by atoms with van der Waals surface area (Å²) in [7, 11) is 0. The number of hydrogen-bond acceptors (Lipinski definition) is 4. The minimum atomic E-state index is 0.240. The van der Waals surface area contributed by atoms with Gasteiger partial charge in [0, 0.05) is 37.9 Å². The quantitative estimate of drug-likeness (QED) is 0.876. The predicted molar refractivity (Wildman–Crippen MR) is 89.3 cm³/mol. The molecule has 4 rings (SSSR count). The van der Waals surface area contributed by atoms with Crippen molar-refractivity contribution in [1.29, 1.82) is 0 Å². The van der Waals surface area contributed by atoms with E-state index in [9.17, 15) is 4.79 Å². The van der Waals surface area contributed by atoms with E-state index in [4.69, 9.17) is 0 Å². The number of nitrogens with zero attached hydrogens (tertiary/aromatic N) is 3. The van der Waals surface area contributed by atoms with Gasteiger partial charge in [0.1, 0.15) is 0 Å². The SMILES string of the molecule is O=C(CC1CCCC1)NCC1CN(c2ccc(C3CC3)nn2)C1. The molecule has 1 aromatic heterocycles. The minimum absolute atomic E-state index is 0.240. The lowest BCUT2D eigenvalue weighted by molar-refractivity contribution is -0.122. The zero-order chi connectivity index (χ0) is 15.6. The molecule has 0 unspecified atom stereocenters. The van der Waals surface area contributed by atoms with Gasteiger partial charge in [0.05, 0.1) is 5.69 Å². The molecule has 1 amide bonds. The van der Waals surface area contributed by atoms with Crippen molar-refractivity contribution in [2.24, 2.45) is 11.8 Å². The van der Waals surface area contributed by atoms with Crippen molar-refractivity contribution in [3.8, 4) is 0 Å². The van der Waals surface area contributed by atoms with Gasteiger partial charge in [-0.3, -0.25) is 4.79 Å². The highest BCUT2D eigenvalue weighted by atomic mass is 16.1. The van der Waals surface area contributed by atoms with Gasteiger partial charge >= 0.3 is 0 Å². The summed E-state index contributed by atoms with van der Waals surface area (Å²) < 4.78 is 0. The molecule has 124 valence electrons. The molecule has 1 saturated heterocycles. The molecule has 0 bridgehead atoms. The smallest absolute Gasteiger partial charge is 0.220 e. The lowest BCUT2D eigenvalue weighted by Crippen LogP contribution is -2.52. The molecule has 0 aromatic carbocycles. The van der Waals surface area contributed by atoms with E-state index in [-0.39, 0.29) is 5.91 Å². The molecule has 1 aromatic rings. The molecule has 3 aliphatic rings. The Morgan fingerprint density at radius 2 is 1.87 bits per heavy atom. The van der Waals surface area contributed by atoms with Gasteiger partial charge in [0.25, 0.3) is 0 Å². The van der Waals surface area contributed by atoms with E-state index in [1.165, 1.54) is 38.5 Å². The summed E-state index contributed by atoms with van der Waals surface area (Å²) in [6, 6.07) is 4.21. The summed E-state index contributed by atoms with van der Waals surface area (Å²) in [5.41, 5.74) is 1.14. The van der Waals surface area contributed by atoms with E-state index in [1.807, 2.05) is 0 Å². The Kier molecular flexibility index (Phi) is 4.19. The topological polar surface area (TPSA) is 58.1 Å². The van der Waals surface area contributed by atoms with Crippen molar-refractivity contribution in [3.63, 3.8) is 0 Å². The fraction of sp³-hybridized carbons (Fsp3) is 0.722.